The van der Waals surface area contributed by atoms with Gasteiger partial charge in [-0.1, -0.05) is 25.1 Å². The number of fused-ring (bicyclic) bond motifs is 1. The molecule has 2 aromatic heterocycles. The van der Waals surface area contributed by atoms with Gasteiger partial charge in [0.1, 0.15) is 17.8 Å². The second kappa shape index (κ2) is 4.49. The lowest BCUT2D eigenvalue weighted by Gasteiger charge is -2.10. The summed E-state index contributed by atoms with van der Waals surface area (Å²) in [6, 6.07) is 10.2. The predicted octanol–water partition coefficient (Wildman–Crippen LogP) is 3.26. The van der Waals surface area contributed by atoms with Crippen LogP contribution in [-0.4, -0.2) is 15.0 Å². The van der Waals surface area contributed by atoms with Gasteiger partial charge in [0, 0.05) is 11.9 Å². The molecule has 0 fully saturated rings. The highest BCUT2D eigenvalue weighted by Gasteiger charge is 2.06. The molecule has 0 atom stereocenters. The van der Waals surface area contributed by atoms with Crippen molar-refractivity contribution in [1.29, 1.82) is 0 Å². The third-order valence-electron chi connectivity index (χ3n) is 3.01. The lowest BCUT2D eigenvalue weighted by atomic mass is 10.1. The van der Waals surface area contributed by atoms with Crippen molar-refractivity contribution in [2.24, 2.45) is 0 Å². The van der Waals surface area contributed by atoms with E-state index in [1.807, 2.05) is 18.3 Å². The first-order valence-electron chi connectivity index (χ1n) is 6.01. The summed E-state index contributed by atoms with van der Waals surface area (Å²) in [5, 5.41) is 4.38. The van der Waals surface area contributed by atoms with Crippen LogP contribution in [0, 0.1) is 0 Å². The second-order valence-corrected chi connectivity index (χ2v) is 4.10. The van der Waals surface area contributed by atoms with E-state index in [0.29, 0.717) is 0 Å². The van der Waals surface area contributed by atoms with Gasteiger partial charge in [-0.05, 0) is 24.1 Å². The first-order chi connectivity index (χ1) is 8.88. The van der Waals surface area contributed by atoms with Gasteiger partial charge < -0.3 is 10.3 Å². The van der Waals surface area contributed by atoms with Crippen molar-refractivity contribution in [2.75, 3.05) is 5.32 Å². The molecule has 2 heterocycles. The largest absolute Gasteiger partial charge is 0.346 e. The quantitative estimate of drug-likeness (QED) is 0.736. The fourth-order valence-corrected chi connectivity index (χ4v) is 2.05. The third kappa shape index (κ3) is 1.82. The van der Waals surface area contributed by atoms with Gasteiger partial charge in [-0.2, -0.15) is 0 Å². The summed E-state index contributed by atoms with van der Waals surface area (Å²) in [4.78, 5) is 11.6. The van der Waals surface area contributed by atoms with Crippen LogP contribution in [0.2, 0.25) is 0 Å². The molecule has 3 aromatic rings. The second-order valence-electron chi connectivity index (χ2n) is 4.10. The molecule has 0 aliphatic rings. The fourth-order valence-electron chi connectivity index (χ4n) is 2.05. The van der Waals surface area contributed by atoms with Crippen molar-refractivity contribution in [3.8, 4) is 0 Å². The van der Waals surface area contributed by atoms with Crippen molar-refractivity contribution in [3.63, 3.8) is 0 Å². The van der Waals surface area contributed by atoms with Gasteiger partial charge in [0.15, 0.2) is 0 Å². The SMILES string of the molecule is CCc1ccccc1Nc1ncnc2[nH]ccc12. The summed E-state index contributed by atoms with van der Waals surface area (Å²) >= 11 is 0. The van der Waals surface area contributed by atoms with Crippen molar-refractivity contribution in [3.05, 3.63) is 48.4 Å². The van der Waals surface area contributed by atoms with Crippen LogP contribution >= 0.6 is 0 Å². The minimum Gasteiger partial charge on any atom is -0.346 e. The minimum atomic E-state index is 0.835. The van der Waals surface area contributed by atoms with Crippen molar-refractivity contribution in [1.82, 2.24) is 15.0 Å². The van der Waals surface area contributed by atoms with E-state index in [2.05, 4.69) is 45.4 Å². The number of H-pyrrole nitrogens is 1. The Hall–Kier alpha value is -2.36. The molecule has 0 unspecified atom stereocenters. The Bertz CT molecular complexity index is 672. The molecule has 0 bridgehead atoms. The number of hydrogen-bond donors (Lipinski definition) is 2. The van der Waals surface area contributed by atoms with Gasteiger partial charge in [-0.3, -0.25) is 0 Å². The zero-order valence-corrected chi connectivity index (χ0v) is 10.1. The number of aryl methyl sites for hydroxylation is 1. The van der Waals surface area contributed by atoms with E-state index in [4.69, 9.17) is 0 Å². The Morgan fingerprint density at radius 2 is 2.06 bits per heavy atom. The molecule has 18 heavy (non-hydrogen) atoms. The molecule has 0 saturated heterocycles. The molecule has 0 radical (unpaired) electrons. The molecule has 0 spiro atoms. The Balaban J connectivity index is 2.04. The van der Waals surface area contributed by atoms with E-state index < -0.39 is 0 Å². The number of nitrogens with one attached hydrogen (secondary N) is 2. The molecule has 0 aliphatic carbocycles. The molecule has 4 nitrogen and oxygen atoms in total. The fraction of sp³-hybridized carbons (Fsp3) is 0.143. The zero-order valence-electron chi connectivity index (χ0n) is 10.1. The summed E-state index contributed by atoms with van der Waals surface area (Å²) in [6.45, 7) is 2.15. The predicted molar refractivity (Wildman–Crippen MR) is 73.0 cm³/mol. The highest BCUT2D eigenvalue weighted by molar-refractivity contribution is 5.88. The highest BCUT2D eigenvalue weighted by atomic mass is 15.0. The Morgan fingerprint density at radius 1 is 1.17 bits per heavy atom. The van der Waals surface area contributed by atoms with E-state index in [0.717, 1.165) is 29.0 Å². The van der Waals surface area contributed by atoms with Gasteiger partial charge in [-0.15, -0.1) is 0 Å². The Morgan fingerprint density at radius 3 is 2.94 bits per heavy atom. The smallest absolute Gasteiger partial charge is 0.143 e. The van der Waals surface area contributed by atoms with Crippen molar-refractivity contribution in [2.45, 2.75) is 13.3 Å². The van der Waals surface area contributed by atoms with E-state index in [-0.39, 0.29) is 0 Å². The molecule has 2 N–H and O–H groups in total. The number of aromatic amines is 1. The van der Waals surface area contributed by atoms with Crippen molar-refractivity contribution >= 4 is 22.5 Å². The van der Waals surface area contributed by atoms with Crippen LogP contribution in [-0.2, 0) is 6.42 Å². The van der Waals surface area contributed by atoms with Crippen LogP contribution < -0.4 is 5.32 Å². The topological polar surface area (TPSA) is 53.6 Å². The van der Waals surface area contributed by atoms with E-state index in [9.17, 15) is 0 Å². The number of aromatic nitrogens is 3. The average Bonchev–Trinajstić information content (AvgIpc) is 2.89. The maximum Gasteiger partial charge on any atom is 0.143 e. The number of para-hydroxylation sites is 1. The van der Waals surface area contributed by atoms with E-state index in [1.54, 1.807) is 6.33 Å². The summed E-state index contributed by atoms with van der Waals surface area (Å²) in [5.41, 5.74) is 3.22. The summed E-state index contributed by atoms with van der Waals surface area (Å²) in [6.07, 6.45) is 4.43. The molecule has 0 saturated carbocycles. The zero-order chi connectivity index (χ0) is 12.4. The number of anilines is 2. The Labute approximate surface area is 105 Å². The van der Waals surface area contributed by atoms with Gasteiger partial charge >= 0.3 is 0 Å². The van der Waals surface area contributed by atoms with E-state index >= 15 is 0 Å². The molecule has 0 amide bonds. The van der Waals surface area contributed by atoms with Crippen LogP contribution in [0.25, 0.3) is 11.0 Å². The standard InChI is InChI=1S/C14H14N4/c1-2-10-5-3-4-6-12(10)18-14-11-7-8-15-13(11)16-9-17-14/h3-9H,2H2,1H3,(H2,15,16,17,18). The van der Waals surface area contributed by atoms with Gasteiger partial charge in [0.25, 0.3) is 0 Å². The third-order valence-corrected chi connectivity index (χ3v) is 3.01. The van der Waals surface area contributed by atoms with Crippen LogP contribution in [0.4, 0.5) is 11.5 Å². The molecule has 1 aromatic carbocycles. The van der Waals surface area contributed by atoms with Crippen LogP contribution in [0.3, 0.4) is 0 Å². The molecule has 0 aliphatic heterocycles. The molecule has 3 rings (SSSR count). The maximum absolute atomic E-state index is 4.31. The average molecular weight is 238 g/mol. The molecular weight excluding hydrogens is 224 g/mol. The lowest BCUT2D eigenvalue weighted by Crippen LogP contribution is -1.98. The van der Waals surface area contributed by atoms with Crippen LogP contribution in [0.15, 0.2) is 42.9 Å². The monoisotopic (exact) mass is 238 g/mol. The lowest BCUT2D eigenvalue weighted by molar-refractivity contribution is 1.13. The highest BCUT2D eigenvalue weighted by Crippen LogP contribution is 2.24. The van der Waals surface area contributed by atoms with Crippen LogP contribution in [0.5, 0.6) is 0 Å². The maximum atomic E-state index is 4.31. The van der Waals surface area contributed by atoms with Gasteiger partial charge in [0.05, 0.1) is 5.39 Å². The first-order valence-corrected chi connectivity index (χ1v) is 6.01. The number of benzene rings is 1. The van der Waals surface area contributed by atoms with E-state index in [1.165, 1.54) is 5.56 Å². The Kier molecular flexibility index (Phi) is 2.68. The first kappa shape index (κ1) is 10.8. The summed E-state index contributed by atoms with van der Waals surface area (Å²) in [5.74, 6) is 0.835. The number of hydrogen-bond acceptors (Lipinski definition) is 3. The van der Waals surface area contributed by atoms with Crippen molar-refractivity contribution < 1.29 is 0 Å². The summed E-state index contributed by atoms with van der Waals surface area (Å²) < 4.78 is 0. The number of rotatable bonds is 3. The van der Waals surface area contributed by atoms with Gasteiger partial charge in [0.2, 0.25) is 0 Å². The normalized spacial score (nSPS) is 10.7. The summed E-state index contributed by atoms with van der Waals surface area (Å²) in [7, 11) is 0. The molecule has 4 heteroatoms. The molecule has 90 valence electrons. The van der Waals surface area contributed by atoms with Crippen LogP contribution in [0.1, 0.15) is 12.5 Å². The number of nitrogens with zero attached hydrogens (tertiary/aromatic N) is 2. The van der Waals surface area contributed by atoms with Gasteiger partial charge in [-0.25, -0.2) is 9.97 Å². The molecular formula is C14H14N4. The minimum absolute atomic E-state index is 0.835.